The second kappa shape index (κ2) is 8.11. The quantitative estimate of drug-likeness (QED) is 0.885. The number of morpholine rings is 1. The third-order valence-corrected chi connectivity index (χ3v) is 5.40. The standard InChI is InChI=1S/C22H27N3O2/c1-17-6-8-19(9-7-17)25-11-10-21(22(25)26)23-20-5-3-2-4-18(20)16-24-12-14-27-15-13-24/h2-9,21,23H,10-16H2,1H3. The van der Waals surface area contributed by atoms with E-state index >= 15 is 0 Å². The van der Waals surface area contributed by atoms with Crippen molar-refractivity contribution in [1.29, 1.82) is 0 Å². The smallest absolute Gasteiger partial charge is 0.249 e. The molecule has 2 heterocycles. The molecule has 27 heavy (non-hydrogen) atoms. The molecule has 1 N–H and O–H groups in total. The van der Waals surface area contributed by atoms with Crippen LogP contribution in [0.4, 0.5) is 11.4 Å². The lowest BCUT2D eigenvalue weighted by molar-refractivity contribution is -0.117. The average Bonchev–Trinajstić information content (AvgIpc) is 3.05. The van der Waals surface area contributed by atoms with Crippen LogP contribution in [0.15, 0.2) is 48.5 Å². The highest BCUT2D eigenvalue weighted by molar-refractivity contribution is 6.01. The minimum atomic E-state index is -0.169. The summed E-state index contributed by atoms with van der Waals surface area (Å²) in [5.74, 6) is 0.153. The third kappa shape index (κ3) is 4.15. The Kier molecular flexibility index (Phi) is 5.41. The first-order valence-corrected chi connectivity index (χ1v) is 9.73. The largest absolute Gasteiger partial charge is 0.379 e. The molecule has 0 aromatic heterocycles. The Balaban J connectivity index is 1.45. The summed E-state index contributed by atoms with van der Waals surface area (Å²) in [5, 5.41) is 3.51. The van der Waals surface area contributed by atoms with E-state index in [1.807, 2.05) is 23.1 Å². The maximum absolute atomic E-state index is 12.9. The molecular formula is C22H27N3O2. The van der Waals surface area contributed by atoms with Crippen molar-refractivity contribution < 1.29 is 9.53 Å². The molecule has 142 valence electrons. The molecule has 5 nitrogen and oxygen atoms in total. The van der Waals surface area contributed by atoms with E-state index in [1.54, 1.807) is 0 Å². The van der Waals surface area contributed by atoms with Crippen molar-refractivity contribution >= 4 is 17.3 Å². The molecule has 1 amide bonds. The van der Waals surface area contributed by atoms with Gasteiger partial charge in [-0.3, -0.25) is 9.69 Å². The normalized spacial score (nSPS) is 20.9. The number of aryl methyl sites for hydroxylation is 1. The minimum Gasteiger partial charge on any atom is -0.379 e. The molecule has 4 rings (SSSR count). The number of ether oxygens (including phenoxy) is 1. The van der Waals surface area contributed by atoms with Crippen molar-refractivity contribution in [2.24, 2.45) is 0 Å². The summed E-state index contributed by atoms with van der Waals surface area (Å²) >= 11 is 0. The van der Waals surface area contributed by atoms with Gasteiger partial charge in [0.25, 0.3) is 0 Å². The van der Waals surface area contributed by atoms with Gasteiger partial charge in [0.15, 0.2) is 0 Å². The van der Waals surface area contributed by atoms with E-state index in [-0.39, 0.29) is 11.9 Å². The van der Waals surface area contributed by atoms with Crippen molar-refractivity contribution in [3.05, 3.63) is 59.7 Å². The maximum Gasteiger partial charge on any atom is 0.249 e. The van der Waals surface area contributed by atoms with Crippen LogP contribution in [-0.4, -0.2) is 49.7 Å². The van der Waals surface area contributed by atoms with Crippen molar-refractivity contribution in [2.75, 3.05) is 43.1 Å². The van der Waals surface area contributed by atoms with Gasteiger partial charge in [0.05, 0.1) is 13.2 Å². The van der Waals surface area contributed by atoms with Gasteiger partial charge in [-0.2, -0.15) is 0 Å². The monoisotopic (exact) mass is 365 g/mol. The van der Waals surface area contributed by atoms with Gasteiger partial charge in [0.1, 0.15) is 6.04 Å². The van der Waals surface area contributed by atoms with Crippen LogP contribution in [0.25, 0.3) is 0 Å². The maximum atomic E-state index is 12.9. The number of rotatable bonds is 5. The number of hydrogen-bond acceptors (Lipinski definition) is 4. The fraction of sp³-hybridized carbons (Fsp3) is 0.409. The predicted octanol–water partition coefficient (Wildman–Crippen LogP) is 3.04. The first-order chi connectivity index (χ1) is 13.2. The average molecular weight is 365 g/mol. The summed E-state index contributed by atoms with van der Waals surface area (Å²) in [6.07, 6.45) is 0.818. The van der Waals surface area contributed by atoms with Gasteiger partial charge in [-0.1, -0.05) is 35.9 Å². The van der Waals surface area contributed by atoms with Crippen molar-refractivity contribution in [2.45, 2.75) is 25.9 Å². The number of carbonyl (C=O) groups excluding carboxylic acids is 1. The summed E-state index contributed by atoms with van der Waals surface area (Å²) in [4.78, 5) is 17.2. The second-order valence-corrected chi connectivity index (χ2v) is 7.36. The van der Waals surface area contributed by atoms with E-state index in [2.05, 4.69) is 47.5 Å². The summed E-state index contributed by atoms with van der Waals surface area (Å²) in [6, 6.07) is 16.3. The highest BCUT2D eigenvalue weighted by Gasteiger charge is 2.32. The molecule has 1 unspecified atom stereocenters. The van der Waals surface area contributed by atoms with Crippen LogP contribution < -0.4 is 10.2 Å². The number of nitrogens with zero attached hydrogens (tertiary/aromatic N) is 2. The number of carbonyl (C=O) groups is 1. The molecule has 2 aliphatic rings. The van der Waals surface area contributed by atoms with Crippen LogP contribution >= 0.6 is 0 Å². The molecule has 2 aliphatic heterocycles. The van der Waals surface area contributed by atoms with Gasteiger partial charge in [-0.25, -0.2) is 0 Å². The van der Waals surface area contributed by atoms with Crippen LogP contribution in [-0.2, 0) is 16.1 Å². The number of hydrogen-bond donors (Lipinski definition) is 1. The predicted molar refractivity (Wildman–Crippen MR) is 108 cm³/mol. The van der Waals surface area contributed by atoms with Crippen LogP contribution in [0.2, 0.25) is 0 Å². The van der Waals surface area contributed by atoms with Gasteiger partial charge in [-0.15, -0.1) is 0 Å². The minimum absolute atomic E-state index is 0.153. The SMILES string of the molecule is Cc1ccc(N2CCC(Nc3ccccc3CN3CCOCC3)C2=O)cc1. The summed E-state index contributed by atoms with van der Waals surface area (Å²) in [7, 11) is 0. The zero-order valence-electron chi connectivity index (χ0n) is 15.9. The molecular weight excluding hydrogens is 338 g/mol. The lowest BCUT2D eigenvalue weighted by Crippen LogP contribution is -2.36. The van der Waals surface area contributed by atoms with Crippen LogP contribution in [0.3, 0.4) is 0 Å². The number of amides is 1. The van der Waals surface area contributed by atoms with Crippen molar-refractivity contribution in [3.8, 4) is 0 Å². The third-order valence-electron chi connectivity index (χ3n) is 5.40. The van der Waals surface area contributed by atoms with Crippen LogP contribution in [0.1, 0.15) is 17.5 Å². The molecule has 2 aromatic carbocycles. The Bertz CT molecular complexity index is 784. The Labute approximate surface area is 160 Å². The van der Waals surface area contributed by atoms with E-state index in [1.165, 1.54) is 11.1 Å². The molecule has 2 fully saturated rings. The van der Waals surface area contributed by atoms with Crippen molar-refractivity contribution in [1.82, 2.24) is 4.90 Å². The Morgan fingerprint density at radius 1 is 1.04 bits per heavy atom. The summed E-state index contributed by atoms with van der Waals surface area (Å²) < 4.78 is 5.44. The number of anilines is 2. The molecule has 1 atom stereocenters. The fourth-order valence-corrected chi connectivity index (χ4v) is 3.78. The number of para-hydroxylation sites is 1. The molecule has 0 spiro atoms. The Morgan fingerprint density at radius 3 is 2.56 bits per heavy atom. The Morgan fingerprint density at radius 2 is 1.78 bits per heavy atom. The lowest BCUT2D eigenvalue weighted by atomic mass is 10.1. The van der Waals surface area contributed by atoms with E-state index in [9.17, 15) is 4.79 Å². The van der Waals surface area contributed by atoms with Crippen LogP contribution in [0, 0.1) is 6.92 Å². The van der Waals surface area contributed by atoms with Gasteiger partial charge in [-0.05, 0) is 37.1 Å². The van der Waals surface area contributed by atoms with E-state index < -0.39 is 0 Å². The molecule has 0 bridgehead atoms. The first-order valence-electron chi connectivity index (χ1n) is 9.73. The zero-order chi connectivity index (χ0) is 18.6. The Hall–Kier alpha value is -2.37. The highest BCUT2D eigenvalue weighted by Crippen LogP contribution is 2.26. The van der Waals surface area contributed by atoms with Gasteiger partial charge in [0.2, 0.25) is 5.91 Å². The topological polar surface area (TPSA) is 44.8 Å². The summed E-state index contributed by atoms with van der Waals surface area (Å²) in [6.45, 7) is 7.20. The number of benzene rings is 2. The van der Waals surface area contributed by atoms with Crippen LogP contribution in [0.5, 0.6) is 0 Å². The fourth-order valence-electron chi connectivity index (χ4n) is 3.78. The second-order valence-electron chi connectivity index (χ2n) is 7.36. The lowest BCUT2D eigenvalue weighted by Gasteiger charge is -2.28. The van der Waals surface area contributed by atoms with Gasteiger partial charge < -0.3 is 15.0 Å². The zero-order valence-corrected chi connectivity index (χ0v) is 15.9. The van der Waals surface area contributed by atoms with E-state index in [4.69, 9.17) is 4.74 Å². The summed E-state index contributed by atoms with van der Waals surface area (Å²) in [5.41, 5.74) is 4.49. The van der Waals surface area contributed by atoms with E-state index in [0.29, 0.717) is 0 Å². The molecule has 0 aliphatic carbocycles. The number of nitrogens with one attached hydrogen (secondary N) is 1. The molecule has 2 aromatic rings. The van der Waals surface area contributed by atoms with E-state index in [0.717, 1.165) is 57.2 Å². The molecule has 5 heteroatoms. The van der Waals surface area contributed by atoms with Gasteiger partial charge >= 0.3 is 0 Å². The molecule has 0 saturated carbocycles. The van der Waals surface area contributed by atoms with Gasteiger partial charge in [0, 0.05) is 37.6 Å². The molecule has 2 saturated heterocycles. The molecule has 0 radical (unpaired) electrons. The van der Waals surface area contributed by atoms with Crippen molar-refractivity contribution in [3.63, 3.8) is 0 Å². The first kappa shape index (κ1) is 18.0. The highest BCUT2D eigenvalue weighted by atomic mass is 16.5.